The van der Waals surface area contributed by atoms with Crippen LogP contribution in [0.25, 0.3) is 0 Å². The molecule has 2 nitrogen and oxygen atoms in total. The number of thiophene rings is 1. The minimum Gasteiger partial charge on any atom is -0.339 e. The van der Waals surface area contributed by atoms with Gasteiger partial charge in [0.2, 0.25) is 0 Å². The number of carbonyl (C=O) groups excluding carboxylic acids is 1. The molecule has 0 spiro atoms. The summed E-state index contributed by atoms with van der Waals surface area (Å²) in [6.45, 7) is 5.85. The molecule has 0 N–H and O–H groups in total. The summed E-state index contributed by atoms with van der Waals surface area (Å²) in [6, 6.07) is 1.96. The third-order valence-electron chi connectivity index (χ3n) is 2.26. The van der Waals surface area contributed by atoms with Crippen LogP contribution in [-0.4, -0.2) is 23.9 Å². The Labute approximate surface area is 109 Å². The summed E-state index contributed by atoms with van der Waals surface area (Å²) in [6.07, 6.45) is 2.21. The smallest absolute Gasteiger partial charge is 0.254 e. The van der Waals surface area contributed by atoms with E-state index < -0.39 is 0 Å². The molecule has 1 aromatic rings. The maximum Gasteiger partial charge on any atom is 0.254 e. The molecule has 0 unspecified atom stereocenters. The van der Waals surface area contributed by atoms with Gasteiger partial charge in [-0.15, -0.1) is 11.3 Å². The summed E-state index contributed by atoms with van der Waals surface area (Å²) in [5.41, 5.74) is 0.836. The Hall–Kier alpha value is -0.100. The van der Waals surface area contributed by atoms with Crippen LogP contribution in [0.5, 0.6) is 0 Å². The molecular formula is C11H16INOS. The number of unbranched alkanes of at least 4 members (excludes halogenated alkanes) is 1. The monoisotopic (exact) mass is 337 g/mol. The van der Waals surface area contributed by atoms with Crippen LogP contribution < -0.4 is 0 Å². The van der Waals surface area contributed by atoms with E-state index in [9.17, 15) is 4.79 Å². The highest BCUT2D eigenvalue weighted by Crippen LogP contribution is 2.18. The van der Waals surface area contributed by atoms with Crippen LogP contribution >= 0.6 is 33.9 Å². The molecule has 0 radical (unpaired) electrons. The average Bonchev–Trinajstić information content (AvgIpc) is 2.65. The van der Waals surface area contributed by atoms with Crippen molar-refractivity contribution in [3.8, 4) is 0 Å². The Balaban J connectivity index is 2.64. The van der Waals surface area contributed by atoms with E-state index in [1.54, 1.807) is 11.3 Å². The van der Waals surface area contributed by atoms with E-state index in [-0.39, 0.29) is 5.91 Å². The van der Waals surface area contributed by atoms with Gasteiger partial charge in [-0.05, 0) is 42.0 Å². The van der Waals surface area contributed by atoms with Gasteiger partial charge in [0, 0.05) is 18.5 Å². The van der Waals surface area contributed by atoms with Gasteiger partial charge in [0.25, 0.3) is 5.91 Å². The topological polar surface area (TPSA) is 20.3 Å². The van der Waals surface area contributed by atoms with Gasteiger partial charge in [-0.3, -0.25) is 4.79 Å². The molecule has 15 heavy (non-hydrogen) atoms. The fourth-order valence-corrected chi connectivity index (χ4v) is 2.68. The quantitative estimate of drug-likeness (QED) is 0.752. The third-order valence-corrected chi connectivity index (χ3v) is 4.05. The second-order valence-corrected chi connectivity index (χ2v) is 6.18. The Morgan fingerprint density at radius 2 is 2.27 bits per heavy atom. The third kappa shape index (κ3) is 3.75. The van der Waals surface area contributed by atoms with Crippen molar-refractivity contribution in [2.24, 2.45) is 0 Å². The molecule has 0 aromatic carbocycles. The van der Waals surface area contributed by atoms with Crippen molar-refractivity contribution in [2.75, 3.05) is 13.1 Å². The number of halogens is 1. The number of hydrogen-bond donors (Lipinski definition) is 0. The van der Waals surface area contributed by atoms with Gasteiger partial charge in [-0.2, -0.15) is 0 Å². The van der Waals surface area contributed by atoms with Gasteiger partial charge >= 0.3 is 0 Å². The largest absolute Gasteiger partial charge is 0.339 e. The summed E-state index contributed by atoms with van der Waals surface area (Å²) in [5, 5.41) is 1.94. The van der Waals surface area contributed by atoms with E-state index in [0.29, 0.717) is 0 Å². The number of carbonyl (C=O) groups is 1. The van der Waals surface area contributed by atoms with Crippen molar-refractivity contribution < 1.29 is 4.79 Å². The Morgan fingerprint density at radius 1 is 1.53 bits per heavy atom. The van der Waals surface area contributed by atoms with Gasteiger partial charge in [0.05, 0.1) is 8.45 Å². The van der Waals surface area contributed by atoms with Crippen LogP contribution in [0.3, 0.4) is 0 Å². The minimum absolute atomic E-state index is 0.171. The standard InChI is InChI=1S/C11H16INOS/c1-3-5-6-13(4-2)11(14)9-7-10(12)15-8-9/h7-8H,3-6H2,1-2H3. The number of rotatable bonds is 5. The van der Waals surface area contributed by atoms with Crippen LogP contribution in [-0.2, 0) is 0 Å². The first-order valence-corrected chi connectivity index (χ1v) is 7.18. The molecule has 0 saturated carbocycles. The van der Waals surface area contributed by atoms with Gasteiger partial charge in [0.1, 0.15) is 0 Å². The molecule has 1 rings (SSSR count). The van der Waals surface area contributed by atoms with E-state index in [1.807, 2.05) is 23.3 Å². The number of amides is 1. The first kappa shape index (κ1) is 13.0. The zero-order chi connectivity index (χ0) is 11.3. The van der Waals surface area contributed by atoms with Crippen LogP contribution in [0.4, 0.5) is 0 Å². The molecule has 4 heteroatoms. The zero-order valence-electron chi connectivity index (χ0n) is 9.12. The van der Waals surface area contributed by atoms with E-state index >= 15 is 0 Å². The zero-order valence-corrected chi connectivity index (χ0v) is 12.1. The van der Waals surface area contributed by atoms with Crippen LogP contribution in [0.15, 0.2) is 11.4 Å². The first-order chi connectivity index (χ1) is 7.19. The molecule has 0 aliphatic rings. The maximum atomic E-state index is 12.0. The minimum atomic E-state index is 0.171. The predicted octanol–water partition coefficient (Wildman–Crippen LogP) is 3.61. The second-order valence-electron chi connectivity index (χ2n) is 3.38. The normalized spacial score (nSPS) is 10.3. The molecule has 0 saturated heterocycles. The second kappa shape index (κ2) is 6.48. The van der Waals surface area contributed by atoms with Gasteiger partial charge in [-0.1, -0.05) is 13.3 Å². The predicted molar refractivity (Wildman–Crippen MR) is 73.5 cm³/mol. The summed E-state index contributed by atoms with van der Waals surface area (Å²) < 4.78 is 1.17. The molecule has 1 heterocycles. The molecule has 1 amide bonds. The Morgan fingerprint density at radius 3 is 2.73 bits per heavy atom. The molecular weight excluding hydrogens is 321 g/mol. The van der Waals surface area contributed by atoms with Crippen LogP contribution in [0.2, 0.25) is 0 Å². The Kier molecular flexibility index (Phi) is 5.60. The molecule has 0 aliphatic carbocycles. The first-order valence-electron chi connectivity index (χ1n) is 5.22. The molecule has 1 aromatic heterocycles. The van der Waals surface area contributed by atoms with Crippen molar-refractivity contribution in [1.82, 2.24) is 4.90 Å². The van der Waals surface area contributed by atoms with Crippen molar-refractivity contribution in [2.45, 2.75) is 26.7 Å². The van der Waals surface area contributed by atoms with Crippen molar-refractivity contribution in [3.63, 3.8) is 0 Å². The van der Waals surface area contributed by atoms with E-state index in [0.717, 1.165) is 31.5 Å². The summed E-state index contributed by atoms with van der Waals surface area (Å²) in [5.74, 6) is 0.171. The lowest BCUT2D eigenvalue weighted by atomic mass is 10.2. The molecule has 84 valence electrons. The van der Waals surface area contributed by atoms with Crippen LogP contribution in [0, 0.1) is 2.88 Å². The van der Waals surface area contributed by atoms with E-state index in [4.69, 9.17) is 0 Å². The fraction of sp³-hybridized carbons (Fsp3) is 0.545. The van der Waals surface area contributed by atoms with Crippen molar-refractivity contribution in [3.05, 3.63) is 19.9 Å². The van der Waals surface area contributed by atoms with Gasteiger partial charge < -0.3 is 4.90 Å². The summed E-state index contributed by atoms with van der Waals surface area (Å²) >= 11 is 3.87. The lowest BCUT2D eigenvalue weighted by Gasteiger charge is -2.19. The molecule has 0 atom stereocenters. The average molecular weight is 337 g/mol. The van der Waals surface area contributed by atoms with Crippen molar-refractivity contribution in [1.29, 1.82) is 0 Å². The van der Waals surface area contributed by atoms with Crippen LogP contribution in [0.1, 0.15) is 37.0 Å². The van der Waals surface area contributed by atoms with E-state index in [1.165, 1.54) is 2.88 Å². The number of hydrogen-bond acceptors (Lipinski definition) is 2. The summed E-state index contributed by atoms with van der Waals surface area (Å²) in [7, 11) is 0. The molecule has 0 aliphatic heterocycles. The summed E-state index contributed by atoms with van der Waals surface area (Å²) in [4.78, 5) is 13.9. The van der Waals surface area contributed by atoms with Gasteiger partial charge in [-0.25, -0.2) is 0 Å². The fourth-order valence-electron chi connectivity index (χ4n) is 1.36. The SMILES string of the molecule is CCCCN(CC)C(=O)c1csc(I)c1. The van der Waals surface area contributed by atoms with Crippen molar-refractivity contribution >= 4 is 39.8 Å². The van der Waals surface area contributed by atoms with Gasteiger partial charge in [0.15, 0.2) is 0 Å². The lowest BCUT2D eigenvalue weighted by Crippen LogP contribution is -2.31. The maximum absolute atomic E-state index is 12.0. The highest BCUT2D eigenvalue weighted by Gasteiger charge is 2.14. The highest BCUT2D eigenvalue weighted by molar-refractivity contribution is 14.1. The highest BCUT2D eigenvalue weighted by atomic mass is 127. The molecule has 0 bridgehead atoms. The number of nitrogens with zero attached hydrogens (tertiary/aromatic N) is 1. The molecule has 0 fully saturated rings. The van der Waals surface area contributed by atoms with E-state index in [2.05, 4.69) is 29.5 Å². The lowest BCUT2D eigenvalue weighted by molar-refractivity contribution is 0.0763. The Bertz CT molecular complexity index is 324.